The Labute approximate surface area is 108 Å². The number of rotatable bonds is 5. The van der Waals surface area contributed by atoms with Crippen LogP contribution in [0.1, 0.15) is 18.1 Å². The molecular weight excluding hydrogens is 228 g/mol. The van der Waals surface area contributed by atoms with E-state index in [9.17, 15) is 4.79 Å². The minimum Gasteiger partial charge on any atom is -0.379 e. The first-order valence-corrected chi connectivity index (χ1v) is 6.34. The van der Waals surface area contributed by atoms with Crippen molar-refractivity contribution in [2.75, 3.05) is 19.8 Å². The summed E-state index contributed by atoms with van der Waals surface area (Å²) in [5, 5.41) is 2.93. The van der Waals surface area contributed by atoms with Crippen LogP contribution in [0.4, 0.5) is 0 Å². The Morgan fingerprint density at radius 3 is 2.39 bits per heavy atom. The summed E-state index contributed by atoms with van der Waals surface area (Å²) in [5.74, 6) is -0.00387. The molecule has 2 rings (SSSR count). The van der Waals surface area contributed by atoms with Crippen molar-refractivity contribution >= 4 is 5.91 Å². The Balaban J connectivity index is 1.88. The van der Waals surface area contributed by atoms with E-state index in [-0.39, 0.29) is 5.91 Å². The Kier molecular flexibility index (Phi) is 3.99. The Morgan fingerprint density at radius 2 is 1.94 bits per heavy atom. The fourth-order valence-electron chi connectivity index (χ4n) is 1.95. The van der Waals surface area contributed by atoms with Crippen LogP contribution in [0.25, 0.3) is 0 Å². The number of hydrogen-bond acceptors (Lipinski definition) is 3. The van der Waals surface area contributed by atoms with Gasteiger partial charge in [0.25, 0.3) is 0 Å². The smallest absolute Gasteiger partial charge is 0.232 e. The van der Waals surface area contributed by atoms with Gasteiger partial charge in [-0.25, -0.2) is 0 Å². The van der Waals surface area contributed by atoms with Crippen molar-refractivity contribution < 1.29 is 9.53 Å². The molecule has 0 aliphatic carbocycles. The molecule has 1 amide bonds. The molecule has 0 unspecified atom stereocenters. The van der Waals surface area contributed by atoms with Gasteiger partial charge >= 0.3 is 0 Å². The van der Waals surface area contributed by atoms with Crippen molar-refractivity contribution in [3.8, 4) is 0 Å². The highest BCUT2D eigenvalue weighted by Gasteiger charge is 2.44. The van der Waals surface area contributed by atoms with Crippen LogP contribution < -0.4 is 11.1 Å². The van der Waals surface area contributed by atoms with Gasteiger partial charge in [-0.15, -0.1) is 0 Å². The van der Waals surface area contributed by atoms with E-state index in [4.69, 9.17) is 10.5 Å². The lowest BCUT2D eigenvalue weighted by atomic mass is 9.85. The molecule has 98 valence electrons. The van der Waals surface area contributed by atoms with Crippen LogP contribution in [-0.2, 0) is 22.5 Å². The maximum absolute atomic E-state index is 12.0. The van der Waals surface area contributed by atoms with E-state index < -0.39 is 5.41 Å². The summed E-state index contributed by atoms with van der Waals surface area (Å²) in [6, 6.07) is 8.27. The first-order valence-electron chi connectivity index (χ1n) is 6.34. The fourth-order valence-corrected chi connectivity index (χ4v) is 1.95. The normalized spacial score (nSPS) is 17.0. The third-order valence-electron chi connectivity index (χ3n) is 3.51. The second kappa shape index (κ2) is 5.50. The molecule has 0 saturated carbocycles. The number of nitrogens with two attached hydrogens (primary N) is 1. The molecule has 0 atom stereocenters. The quantitative estimate of drug-likeness (QED) is 0.811. The van der Waals surface area contributed by atoms with Crippen LogP contribution in [0.15, 0.2) is 24.3 Å². The number of carbonyl (C=O) groups excluding carboxylic acids is 1. The lowest BCUT2D eigenvalue weighted by molar-refractivity contribution is -0.159. The van der Waals surface area contributed by atoms with Gasteiger partial charge < -0.3 is 15.8 Å². The molecule has 1 fully saturated rings. The molecular formula is C14H20N2O2. The second-order valence-electron chi connectivity index (χ2n) is 4.83. The lowest BCUT2D eigenvalue weighted by Gasteiger charge is -2.38. The first-order chi connectivity index (χ1) is 8.70. The van der Waals surface area contributed by atoms with Crippen LogP contribution in [0.3, 0.4) is 0 Å². The highest BCUT2D eigenvalue weighted by Crippen LogP contribution is 2.26. The van der Waals surface area contributed by atoms with Crippen molar-refractivity contribution in [3.05, 3.63) is 35.4 Å². The molecule has 0 aromatic heterocycles. The third-order valence-corrected chi connectivity index (χ3v) is 3.51. The van der Waals surface area contributed by atoms with Gasteiger partial charge in [-0.3, -0.25) is 4.79 Å². The number of amides is 1. The SMILES string of the molecule is CCc1ccc(CNC(=O)C2(CN)COC2)cc1. The zero-order valence-electron chi connectivity index (χ0n) is 10.7. The van der Waals surface area contributed by atoms with Gasteiger partial charge in [0.15, 0.2) is 0 Å². The topological polar surface area (TPSA) is 64.4 Å². The average molecular weight is 248 g/mol. The summed E-state index contributed by atoms with van der Waals surface area (Å²) in [7, 11) is 0. The van der Waals surface area contributed by atoms with Crippen molar-refractivity contribution in [2.45, 2.75) is 19.9 Å². The number of ether oxygens (including phenoxy) is 1. The van der Waals surface area contributed by atoms with Gasteiger partial charge in [0.1, 0.15) is 5.41 Å². The van der Waals surface area contributed by atoms with E-state index in [1.54, 1.807) is 0 Å². The van der Waals surface area contributed by atoms with Gasteiger partial charge in [0.05, 0.1) is 13.2 Å². The number of benzene rings is 1. The molecule has 4 nitrogen and oxygen atoms in total. The first kappa shape index (κ1) is 13.1. The largest absolute Gasteiger partial charge is 0.379 e. The van der Waals surface area contributed by atoms with Crippen LogP contribution in [0.2, 0.25) is 0 Å². The van der Waals surface area contributed by atoms with Crippen molar-refractivity contribution in [1.29, 1.82) is 0 Å². The van der Waals surface area contributed by atoms with E-state index >= 15 is 0 Å². The van der Waals surface area contributed by atoms with Gasteiger partial charge in [-0.05, 0) is 17.5 Å². The minimum atomic E-state index is -0.497. The van der Waals surface area contributed by atoms with Gasteiger partial charge in [0, 0.05) is 13.1 Å². The summed E-state index contributed by atoms with van der Waals surface area (Å²) >= 11 is 0. The van der Waals surface area contributed by atoms with E-state index in [1.807, 2.05) is 12.1 Å². The highest BCUT2D eigenvalue weighted by molar-refractivity contribution is 5.84. The average Bonchev–Trinajstić information content (AvgIpc) is 2.36. The van der Waals surface area contributed by atoms with E-state index in [0.29, 0.717) is 26.3 Å². The summed E-state index contributed by atoms with van der Waals surface area (Å²) in [4.78, 5) is 12.0. The van der Waals surface area contributed by atoms with E-state index in [0.717, 1.165) is 12.0 Å². The molecule has 1 aromatic rings. The van der Waals surface area contributed by atoms with E-state index in [1.165, 1.54) is 5.56 Å². The van der Waals surface area contributed by atoms with Crippen molar-refractivity contribution in [3.63, 3.8) is 0 Å². The maximum atomic E-state index is 12.0. The van der Waals surface area contributed by atoms with Crippen LogP contribution in [0, 0.1) is 5.41 Å². The predicted molar refractivity (Wildman–Crippen MR) is 70.0 cm³/mol. The van der Waals surface area contributed by atoms with Gasteiger partial charge in [0.2, 0.25) is 5.91 Å². The summed E-state index contributed by atoms with van der Waals surface area (Å²) in [5.41, 5.74) is 7.55. The van der Waals surface area contributed by atoms with Crippen LogP contribution >= 0.6 is 0 Å². The molecule has 4 heteroatoms. The molecule has 1 aliphatic rings. The maximum Gasteiger partial charge on any atom is 0.232 e. The molecule has 3 N–H and O–H groups in total. The summed E-state index contributed by atoms with van der Waals surface area (Å²) in [6.45, 7) is 3.88. The second-order valence-corrected chi connectivity index (χ2v) is 4.83. The van der Waals surface area contributed by atoms with Crippen LogP contribution in [-0.4, -0.2) is 25.7 Å². The molecule has 1 saturated heterocycles. The highest BCUT2D eigenvalue weighted by atomic mass is 16.5. The van der Waals surface area contributed by atoms with Gasteiger partial charge in [-0.1, -0.05) is 31.2 Å². The lowest BCUT2D eigenvalue weighted by Crippen LogP contribution is -2.58. The minimum absolute atomic E-state index is 0.00387. The van der Waals surface area contributed by atoms with E-state index in [2.05, 4.69) is 24.4 Å². The molecule has 0 bridgehead atoms. The molecule has 0 spiro atoms. The third kappa shape index (κ3) is 2.54. The molecule has 1 aliphatic heterocycles. The van der Waals surface area contributed by atoms with Crippen molar-refractivity contribution in [2.24, 2.45) is 11.1 Å². The number of hydrogen-bond donors (Lipinski definition) is 2. The standard InChI is InChI=1S/C14H20N2O2/c1-2-11-3-5-12(6-4-11)7-16-13(17)14(8-15)9-18-10-14/h3-6H,2,7-10,15H2,1H3,(H,16,17). The molecule has 1 heterocycles. The molecule has 18 heavy (non-hydrogen) atoms. The van der Waals surface area contributed by atoms with Gasteiger partial charge in [-0.2, -0.15) is 0 Å². The van der Waals surface area contributed by atoms with Crippen molar-refractivity contribution in [1.82, 2.24) is 5.32 Å². The number of nitrogens with one attached hydrogen (secondary N) is 1. The summed E-state index contributed by atoms with van der Waals surface area (Å²) in [6.07, 6.45) is 1.03. The Bertz CT molecular complexity index is 405. The molecule has 1 aromatic carbocycles. The zero-order chi connectivity index (χ0) is 13.0. The zero-order valence-corrected chi connectivity index (χ0v) is 10.7. The number of carbonyl (C=O) groups is 1. The Hall–Kier alpha value is -1.39. The molecule has 0 radical (unpaired) electrons. The number of aryl methyl sites for hydroxylation is 1. The monoisotopic (exact) mass is 248 g/mol. The Morgan fingerprint density at radius 1 is 1.33 bits per heavy atom. The van der Waals surface area contributed by atoms with Crippen LogP contribution in [0.5, 0.6) is 0 Å². The summed E-state index contributed by atoms with van der Waals surface area (Å²) < 4.78 is 5.09. The predicted octanol–water partition coefficient (Wildman–Crippen LogP) is 0.841. The fraction of sp³-hybridized carbons (Fsp3) is 0.500.